The topological polar surface area (TPSA) is 71.1 Å². The van der Waals surface area contributed by atoms with Crippen LogP contribution in [0.4, 0.5) is 0 Å². The molecule has 0 saturated carbocycles. The van der Waals surface area contributed by atoms with Crippen LogP contribution >= 0.6 is 11.6 Å². The normalized spacial score (nSPS) is 10.4. The van der Waals surface area contributed by atoms with Crippen molar-refractivity contribution in [3.8, 4) is 17.7 Å². The monoisotopic (exact) mass is 305 g/mol. The summed E-state index contributed by atoms with van der Waals surface area (Å²) >= 11 is 5.98. The van der Waals surface area contributed by atoms with E-state index in [9.17, 15) is 5.11 Å². The number of aromatic nitrogens is 2. The molecule has 2 aromatic rings. The molecule has 1 heterocycles. The molecule has 21 heavy (non-hydrogen) atoms. The third-order valence-corrected chi connectivity index (χ3v) is 3.32. The highest BCUT2D eigenvalue weighted by Gasteiger charge is 2.17. The molecular formula is C15H16ClN3O2. The van der Waals surface area contributed by atoms with E-state index in [1.54, 1.807) is 22.9 Å². The van der Waals surface area contributed by atoms with E-state index in [-0.39, 0.29) is 6.61 Å². The fraction of sp³-hybridized carbons (Fsp3) is 0.333. The lowest BCUT2D eigenvalue weighted by Gasteiger charge is -2.10. The number of hydrogen-bond acceptors (Lipinski definition) is 4. The van der Waals surface area contributed by atoms with Gasteiger partial charge in [-0.15, -0.1) is 0 Å². The standard InChI is InChI=1S/C15H16ClN3O2/c1-3-13-14(9-20)18-19(4-2)15(13)21-12-6-10(8-17)5-11(16)7-12/h5-7,20H,3-4,9H2,1-2H3. The summed E-state index contributed by atoms with van der Waals surface area (Å²) in [4.78, 5) is 0. The molecule has 6 heteroatoms. The Bertz CT molecular complexity index is 689. The number of aryl methyl sites for hydroxylation is 1. The summed E-state index contributed by atoms with van der Waals surface area (Å²) in [5.74, 6) is 1.06. The number of rotatable bonds is 5. The van der Waals surface area contributed by atoms with Crippen molar-refractivity contribution in [1.82, 2.24) is 9.78 Å². The Hall–Kier alpha value is -2.03. The van der Waals surface area contributed by atoms with Gasteiger partial charge in [0, 0.05) is 17.1 Å². The van der Waals surface area contributed by atoms with Gasteiger partial charge in [0.05, 0.1) is 23.9 Å². The van der Waals surface area contributed by atoms with E-state index in [1.807, 2.05) is 19.9 Å². The predicted molar refractivity (Wildman–Crippen MR) is 79.4 cm³/mol. The van der Waals surface area contributed by atoms with E-state index in [1.165, 1.54) is 0 Å². The van der Waals surface area contributed by atoms with Crippen LogP contribution in [0, 0.1) is 11.3 Å². The second-order valence-electron chi connectivity index (χ2n) is 4.45. The van der Waals surface area contributed by atoms with Crippen molar-refractivity contribution in [2.45, 2.75) is 33.4 Å². The average molecular weight is 306 g/mol. The molecule has 0 atom stereocenters. The zero-order valence-electron chi connectivity index (χ0n) is 11.9. The molecule has 2 rings (SSSR count). The number of aliphatic hydroxyl groups is 1. The Labute approximate surface area is 128 Å². The van der Waals surface area contributed by atoms with Crippen molar-refractivity contribution in [1.29, 1.82) is 5.26 Å². The first-order valence-electron chi connectivity index (χ1n) is 6.70. The molecule has 0 unspecified atom stereocenters. The second kappa shape index (κ2) is 6.61. The smallest absolute Gasteiger partial charge is 0.221 e. The Morgan fingerprint density at radius 2 is 2.14 bits per heavy atom. The quantitative estimate of drug-likeness (QED) is 0.920. The van der Waals surface area contributed by atoms with Crippen LogP contribution in [0.3, 0.4) is 0 Å². The van der Waals surface area contributed by atoms with E-state index >= 15 is 0 Å². The SMILES string of the molecule is CCc1c(CO)nn(CC)c1Oc1cc(Cl)cc(C#N)c1. The molecular weight excluding hydrogens is 290 g/mol. The minimum Gasteiger partial charge on any atom is -0.439 e. The molecule has 1 aromatic carbocycles. The van der Waals surface area contributed by atoms with Gasteiger partial charge in [0.15, 0.2) is 0 Å². The average Bonchev–Trinajstić information content (AvgIpc) is 2.83. The second-order valence-corrected chi connectivity index (χ2v) is 4.88. The number of benzene rings is 1. The zero-order chi connectivity index (χ0) is 15.4. The van der Waals surface area contributed by atoms with E-state index in [4.69, 9.17) is 21.6 Å². The van der Waals surface area contributed by atoms with Crippen molar-refractivity contribution in [2.75, 3.05) is 0 Å². The van der Waals surface area contributed by atoms with Crippen molar-refractivity contribution in [3.63, 3.8) is 0 Å². The van der Waals surface area contributed by atoms with Gasteiger partial charge in [-0.25, -0.2) is 4.68 Å². The lowest BCUT2D eigenvalue weighted by Crippen LogP contribution is -2.01. The first kappa shape index (κ1) is 15.4. The molecule has 0 amide bonds. The molecule has 5 nitrogen and oxygen atoms in total. The summed E-state index contributed by atoms with van der Waals surface area (Å²) in [5.41, 5.74) is 1.90. The van der Waals surface area contributed by atoms with Gasteiger partial charge in [0.2, 0.25) is 5.88 Å². The van der Waals surface area contributed by atoms with Gasteiger partial charge in [-0.2, -0.15) is 10.4 Å². The largest absolute Gasteiger partial charge is 0.439 e. The van der Waals surface area contributed by atoms with Crippen molar-refractivity contribution in [3.05, 3.63) is 40.0 Å². The highest BCUT2D eigenvalue weighted by Crippen LogP contribution is 2.30. The minimum atomic E-state index is -0.133. The van der Waals surface area contributed by atoms with Gasteiger partial charge in [-0.3, -0.25) is 0 Å². The van der Waals surface area contributed by atoms with E-state index < -0.39 is 0 Å². The minimum absolute atomic E-state index is 0.133. The Morgan fingerprint density at radius 3 is 2.71 bits per heavy atom. The molecule has 0 saturated heterocycles. The molecule has 0 aliphatic heterocycles. The maximum absolute atomic E-state index is 9.38. The van der Waals surface area contributed by atoms with Crippen molar-refractivity contribution < 1.29 is 9.84 Å². The summed E-state index contributed by atoms with van der Waals surface area (Å²) < 4.78 is 7.57. The first-order chi connectivity index (χ1) is 10.1. The van der Waals surface area contributed by atoms with E-state index in [0.717, 1.165) is 5.56 Å². The molecule has 1 N–H and O–H groups in total. The zero-order valence-corrected chi connectivity index (χ0v) is 12.7. The van der Waals surface area contributed by atoms with E-state index in [0.29, 0.717) is 40.9 Å². The van der Waals surface area contributed by atoms with Crippen molar-refractivity contribution in [2.24, 2.45) is 0 Å². The van der Waals surface area contributed by atoms with Gasteiger partial charge in [-0.05, 0) is 31.5 Å². The van der Waals surface area contributed by atoms with Gasteiger partial charge in [0.1, 0.15) is 5.75 Å². The lowest BCUT2D eigenvalue weighted by atomic mass is 10.2. The van der Waals surface area contributed by atoms with Crippen molar-refractivity contribution >= 4 is 11.6 Å². The highest BCUT2D eigenvalue weighted by atomic mass is 35.5. The third-order valence-electron chi connectivity index (χ3n) is 3.10. The Kier molecular flexibility index (Phi) is 4.84. The number of nitrogens with zero attached hydrogens (tertiary/aromatic N) is 3. The molecule has 0 radical (unpaired) electrons. The summed E-state index contributed by atoms with van der Waals surface area (Å²) in [6.45, 7) is 4.40. The van der Waals surface area contributed by atoms with Crippen LogP contribution in [0.15, 0.2) is 18.2 Å². The first-order valence-corrected chi connectivity index (χ1v) is 7.08. The number of nitriles is 1. The third kappa shape index (κ3) is 3.18. The highest BCUT2D eigenvalue weighted by molar-refractivity contribution is 6.30. The number of halogens is 1. The summed E-state index contributed by atoms with van der Waals surface area (Å²) in [6, 6.07) is 6.88. The maximum atomic E-state index is 9.38. The number of aliphatic hydroxyl groups excluding tert-OH is 1. The molecule has 0 aliphatic carbocycles. The summed E-state index contributed by atoms with van der Waals surface area (Å²) in [5, 5.41) is 23.1. The van der Waals surface area contributed by atoms with Crippen LogP contribution < -0.4 is 4.74 Å². The van der Waals surface area contributed by atoms with Gasteiger partial charge >= 0.3 is 0 Å². The molecule has 0 fully saturated rings. The van der Waals surface area contributed by atoms with E-state index in [2.05, 4.69) is 5.10 Å². The summed E-state index contributed by atoms with van der Waals surface area (Å²) in [6.07, 6.45) is 0.691. The molecule has 0 aliphatic rings. The van der Waals surface area contributed by atoms with Crippen LogP contribution in [0.5, 0.6) is 11.6 Å². The fourth-order valence-electron chi connectivity index (χ4n) is 2.14. The lowest BCUT2D eigenvalue weighted by molar-refractivity contribution is 0.274. The van der Waals surface area contributed by atoms with Crippen LogP contribution in [0.2, 0.25) is 5.02 Å². The number of hydrogen-bond donors (Lipinski definition) is 1. The Morgan fingerprint density at radius 1 is 1.38 bits per heavy atom. The van der Waals surface area contributed by atoms with Gasteiger partial charge in [-0.1, -0.05) is 18.5 Å². The number of ether oxygens (including phenoxy) is 1. The summed E-state index contributed by atoms with van der Waals surface area (Å²) in [7, 11) is 0. The molecule has 110 valence electrons. The van der Waals surface area contributed by atoms with Gasteiger partial charge < -0.3 is 9.84 Å². The predicted octanol–water partition coefficient (Wildman–Crippen LogP) is 3.28. The van der Waals surface area contributed by atoms with Crippen LogP contribution in [0.25, 0.3) is 0 Å². The molecule has 1 aromatic heterocycles. The van der Waals surface area contributed by atoms with Crippen LogP contribution in [-0.2, 0) is 19.6 Å². The maximum Gasteiger partial charge on any atom is 0.221 e. The molecule has 0 spiro atoms. The fourth-order valence-corrected chi connectivity index (χ4v) is 2.36. The van der Waals surface area contributed by atoms with Crippen LogP contribution in [-0.4, -0.2) is 14.9 Å². The van der Waals surface area contributed by atoms with Gasteiger partial charge in [0.25, 0.3) is 0 Å². The Balaban J connectivity index is 2.46. The van der Waals surface area contributed by atoms with Crippen LogP contribution in [0.1, 0.15) is 30.7 Å². The molecule has 0 bridgehead atoms.